The maximum Gasteiger partial charge on any atom is 0.0474 e. The second-order valence-corrected chi connectivity index (χ2v) is 14.1. The third-order valence-electron chi connectivity index (χ3n) is 10.7. The van der Waals surface area contributed by atoms with E-state index >= 15 is 0 Å². The summed E-state index contributed by atoms with van der Waals surface area (Å²) in [6.07, 6.45) is 0. The van der Waals surface area contributed by atoms with Crippen LogP contribution in [0, 0.1) is 0 Å². The van der Waals surface area contributed by atoms with Gasteiger partial charge in [0.15, 0.2) is 0 Å². The van der Waals surface area contributed by atoms with E-state index in [1.165, 1.54) is 54.6 Å². The average Bonchev–Trinajstić information content (AvgIpc) is 3.28. The summed E-state index contributed by atoms with van der Waals surface area (Å²) in [5.74, 6) is 0. The first kappa shape index (κ1) is 33.2. The van der Waals surface area contributed by atoms with E-state index in [0.717, 1.165) is 34.1 Å². The molecular weight excluding hydrogens is 677 g/mol. The van der Waals surface area contributed by atoms with E-state index in [9.17, 15) is 0 Å². The molecule has 0 unspecified atom stereocenters. The summed E-state index contributed by atoms with van der Waals surface area (Å²) in [4.78, 5) is 4.76. The molecule has 0 radical (unpaired) electrons. The molecule has 10 aromatic rings. The molecule has 0 aliphatic heterocycles. The predicted octanol–water partition coefficient (Wildman–Crippen LogP) is 15.4. The van der Waals surface area contributed by atoms with Crippen molar-refractivity contribution in [3.63, 3.8) is 0 Å². The lowest BCUT2D eigenvalue weighted by molar-refractivity contribution is 1.29. The molecule has 0 spiro atoms. The van der Waals surface area contributed by atoms with Crippen molar-refractivity contribution in [3.8, 4) is 22.3 Å². The van der Waals surface area contributed by atoms with E-state index in [1.54, 1.807) is 0 Å². The fourth-order valence-electron chi connectivity index (χ4n) is 8.32. The van der Waals surface area contributed by atoms with Crippen molar-refractivity contribution < 1.29 is 0 Å². The molecule has 264 valence electrons. The monoisotopic (exact) mass is 714 g/mol. The van der Waals surface area contributed by atoms with Crippen molar-refractivity contribution in [1.82, 2.24) is 0 Å². The van der Waals surface area contributed by atoms with Crippen LogP contribution in [0.25, 0.3) is 54.6 Å². The summed E-state index contributed by atoms with van der Waals surface area (Å²) in [5.41, 5.74) is 11.4. The van der Waals surface area contributed by atoms with Gasteiger partial charge >= 0.3 is 0 Å². The summed E-state index contributed by atoms with van der Waals surface area (Å²) in [6.45, 7) is 0. The van der Waals surface area contributed by atoms with Crippen LogP contribution in [0.5, 0.6) is 0 Å². The highest BCUT2D eigenvalue weighted by molar-refractivity contribution is 6.32. The van der Waals surface area contributed by atoms with Crippen LogP contribution in [0.1, 0.15) is 0 Å². The first-order valence-electron chi connectivity index (χ1n) is 19.2. The normalized spacial score (nSPS) is 11.2. The van der Waals surface area contributed by atoms with Gasteiger partial charge in [0, 0.05) is 34.1 Å². The number of nitrogens with zero attached hydrogens (tertiary/aromatic N) is 2. The molecule has 0 atom stereocenters. The molecule has 10 rings (SSSR count). The maximum atomic E-state index is 2.41. The Labute approximate surface area is 327 Å². The molecule has 0 aliphatic rings. The van der Waals surface area contributed by atoms with Gasteiger partial charge < -0.3 is 9.80 Å². The second kappa shape index (κ2) is 14.4. The van der Waals surface area contributed by atoms with E-state index in [-0.39, 0.29) is 0 Å². The molecule has 0 saturated heterocycles. The van der Waals surface area contributed by atoms with Gasteiger partial charge in [0.1, 0.15) is 0 Å². The van der Waals surface area contributed by atoms with Gasteiger partial charge in [0.25, 0.3) is 0 Å². The lowest BCUT2D eigenvalue weighted by Crippen LogP contribution is -2.10. The Morgan fingerprint density at radius 2 is 0.482 bits per heavy atom. The number of fused-ring (bicyclic) bond motifs is 6. The van der Waals surface area contributed by atoms with E-state index in [1.807, 2.05) is 0 Å². The summed E-state index contributed by atoms with van der Waals surface area (Å²) in [6, 6.07) is 83.2. The highest BCUT2D eigenvalue weighted by Gasteiger charge is 2.23. The molecule has 0 heterocycles. The third kappa shape index (κ3) is 5.95. The molecule has 56 heavy (non-hydrogen) atoms. The minimum absolute atomic E-state index is 1.11. The highest BCUT2D eigenvalue weighted by Crippen LogP contribution is 2.50. The van der Waals surface area contributed by atoms with Gasteiger partial charge in [-0.2, -0.15) is 0 Å². The molecule has 2 nitrogen and oxygen atoms in total. The van der Waals surface area contributed by atoms with Crippen LogP contribution in [0.2, 0.25) is 0 Å². The quantitative estimate of drug-likeness (QED) is 0.145. The first-order chi connectivity index (χ1) is 27.8. The Balaban J connectivity index is 1.38. The first-order valence-corrected chi connectivity index (χ1v) is 19.2. The molecule has 0 aromatic heterocycles. The third-order valence-corrected chi connectivity index (χ3v) is 10.7. The van der Waals surface area contributed by atoms with E-state index < -0.39 is 0 Å². The minimum atomic E-state index is 1.11. The molecule has 2 heteroatoms. The van der Waals surface area contributed by atoms with Gasteiger partial charge in [-0.25, -0.2) is 0 Å². The average molecular weight is 715 g/mol. The zero-order valence-electron chi connectivity index (χ0n) is 30.8. The Kier molecular flexibility index (Phi) is 8.55. The van der Waals surface area contributed by atoms with Crippen molar-refractivity contribution in [3.05, 3.63) is 231 Å². The van der Waals surface area contributed by atoms with Crippen molar-refractivity contribution in [2.75, 3.05) is 9.80 Å². The summed E-state index contributed by atoms with van der Waals surface area (Å²) >= 11 is 0. The number of hydrogen-bond donors (Lipinski definition) is 0. The Hall–Kier alpha value is -7.42. The lowest BCUT2D eigenvalue weighted by atomic mass is 9.85. The van der Waals surface area contributed by atoms with Crippen molar-refractivity contribution in [1.29, 1.82) is 0 Å². The topological polar surface area (TPSA) is 6.48 Å². The van der Waals surface area contributed by atoms with Gasteiger partial charge in [0.2, 0.25) is 0 Å². The van der Waals surface area contributed by atoms with Gasteiger partial charge in [-0.1, -0.05) is 158 Å². The van der Waals surface area contributed by atoms with Gasteiger partial charge in [-0.3, -0.25) is 0 Å². The lowest BCUT2D eigenvalue weighted by Gasteiger charge is -2.29. The standard InChI is InChI=1S/C54H38N2/c1-7-21-39(22-8-1)49-35-45(55(41-25-11-3-12-26-41)42-27-13-4-14-28-42)37-51-47-33-19-20-34-48(47)52-38-46(36-50(54(52)53(49)51)40-23-9-2-10-24-40)56(43-29-15-5-16-30-43)44-31-17-6-18-32-44/h1-38H. The summed E-state index contributed by atoms with van der Waals surface area (Å²) in [7, 11) is 0. The Morgan fingerprint density at radius 3 is 0.786 bits per heavy atom. The van der Waals surface area contributed by atoms with E-state index in [4.69, 9.17) is 0 Å². The van der Waals surface area contributed by atoms with Crippen molar-refractivity contribution in [2.24, 2.45) is 0 Å². The number of anilines is 6. The number of rotatable bonds is 8. The van der Waals surface area contributed by atoms with Crippen LogP contribution in [-0.4, -0.2) is 0 Å². The fraction of sp³-hybridized carbons (Fsp3) is 0. The van der Waals surface area contributed by atoms with Crippen LogP contribution < -0.4 is 9.80 Å². The fourth-order valence-corrected chi connectivity index (χ4v) is 8.32. The molecule has 0 amide bonds. The smallest absolute Gasteiger partial charge is 0.0474 e. The summed E-state index contributed by atoms with van der Waals surface area (Å²) < 4.78 is 0. The van der Waals surface area contributed by atoms with Crippen molar-refractivity contribution >= 4 is 66.4 Å². The zero-order chi connectivity index (χ0) is 37.3. The van der Waals surface area contributed by atoms with Crippen LogP contribution in [0.4, 0.5) is 34.1 Å². The highest BCUT2D eigenvalue weighted by atomic mass is 15.1. The Morgan fingerprint density at radius 1 is 0.214 bits per heavy atom. The number of para-hydroxylation sites is 4. The minimum Gasteiger partial charge on any atom is -0.310 e. The van der Waals surface area contributed by atoms with Gasteiger partial charge in [-0.05, 0) is 127 Å². The maximum absolute atomic E-state index is 2.41. The zero-order valence-corrected chi connectivity index (χ0v) is 30.8. The largest absolute Gasteiger partial charge is 0.310 e. The van der Waals surface area contributed by atoms with Crippen molar-refractivity contribution in [2.45, 2.75) is 0 Å². The second-order valence-electron chi connectivity index (χ2n) is 14.1. The van der Waals surface area contributed by atoms with Crippen LogP contribution in [-0.2, 0) is 0 Å². The van der Waals surface area contributed by atoms with E-state index in [0.29, 0.717) is 0 Å². The molecule has 0 N–H and O–H groups in total. The molecule has 10 aromatic carbocycles. The van der Waals surface area contributed by atoms with E-state index in [2.05, 4.69) is 240 Å². The molecule has 0 bridgehead atoms. The number of benzene rings is 10. The summed E-state index contributed by atoms with van der Waals surface area (Å²) in [5, 5.41) is 7.36. The van der Waals surface area contributed by atoms with Crippen LogP contribution in [0.15, 0.2) is 231 Å². The predicted molar refractivity (Wildman–Crippen MR) is 239 cm³/mol. The molecule has 0 aliphatic carbocycles. The van der Waals surface area contributed by atoms with Gasteiger partial charge in [0.05, 0.1) is 0 Å². The molecule has 0 saturated carbocycles. The number of hydrogen-bond acceptors (Lipinski definition) is 2. The SMILES string of the molecule is c1ccc(-c2cc(N(c3ccccc3)c3ccccc3)cc3c4ccccc4c4cc(N(c5ccccc5)c5ccccc5)cc(-c5ccccc5)c4c23)cc1. The van der Waals surface area contributed by atoms with Crippen LogP contribution >= 0.6 is 0 Å². The Bertz CT molecular complexity index is 2650. The molecule has 0 fully saturated rings. The van der Waals surface area contributed by atoms with Crippen LogP contribution in [0.3, 0.4) is 0 Å². The molecular formula is C54H38N2. The van der Waals surface area contributed by atoms with Gasteiger partial charge in [-0.15, -0.1) is 0 Å².